The number of carbonyl (C=O) groups is 1. The van der Waals surface area contributed by atoms with Gasteiger partial charge >= 0.3 is 0 Å². The molecule has 0 spiro atoms. The van der Waals surface area contributed by atoms with Gasteiger partial charge in [0.05, 0.1) is 19.3 Å². The minimum Gasteiger partial charge on any atom is -0.337 e. The summed E-state index contributed by atoms with van der Waals surface area (Å²) >= 11 is 0. The van der Waals surface area contributed by atoms with Crippen LogP contribution in [0.4, 0.5) is 8.78 Å². The maximum Gasteiger partial charge on any atom is 0.276 e. The molecule has 0 bridgehead atoms. The zero-order valence-electron chi connectivity index (χ0n) is 15.1. The number of amides is 1. The summed E-state index contributed by atoms with van der Waals surface area (Å²) in [5.41, 5.74) is 1.29. The molecule has 8 heteroatoms. The Balaban J connectivity index is 1.44. The van der Waals surface area contributed by atoms with Crippen LogP contribution in [-0.4, -0.2) is 62.3 Å². The molecule has 3 heterocycles. The van der Waals surface area contributed by atoms with E-state index in [0.29, 0.717) is 13.1 Å². The Labute approximate surface area is 156 Å². The molecule has 1 aromatic carbocycles. The lowest BCUT2D eigenvalue weighted by Crippen LogP contribution is -2.33. The van der Waals surface area contributed by atoms with Crippen LogP contribution >= 0.6 is 0 Å². The van der Waals surface area contributed by atoms with E-state index in [0.717, 1.165) is 31.5 Å². The molecule has 4 rings (SSSR count). The van der Waals surface area contributed by atoms with Gasteiger partial charge in [0.1, 0.15) is 0 Å². The van der Waals surface area contributed by atoms with Crippen LogP contribution in [0.3, 0.4) is 0 Å². The number of halogens is 2. The minimum absolute atomic E-state index is 0.128. The number of nitrogens with zero attached hydrogens (tertiary/aromatic N) is 5. The van der Waals surface area contributed by atoms with Crippen LogP contribution in [0.5, 0.6) is 0 Å². The SMILES string of the molecule is O=C(c1cn(C[C@@H]2CC(F)(F)CN2Cc2ccccc2)nn1)N1CCCC1. The van der Waals surface area contributed by atoms with Crippen LogP contribution in [0.15, 0.2) is 36.5 Å². The number of aromatic nitrogens is 3. The van der Waals surface area contributed by atoms with Gasteiger partial charge in [-0.25, -0.2) is 8.78 Å². The standard InChI is InChI=1S/C19H23F2N5O/c20-19(21)10-16(25(14-19)11-15-6-2-1-3-7-15)12-26-13-17(22-23-26)18(27)24-8-4-5-9-24/h1-3,6-7,13,16H,4-5,8-12,14H2/t16-/m0/s1. The Bertz CT molecular complexity index is 788. The van der Waals surface area contributed by atoms with Crippen molar-refractivity contribution in [2.75, 3.05) is 19.6 Å². The minimum atomic E-state index is -2.71. The van der Waals surface area contributed by atoms with Crippen molar-refractivity contribution in [3.8, 4) is 0 Å². The summed E-state index contributed by atoms with van der Waals surface area (Å²) in [5, 5.41) is 7.97. The highest BCUT2D eigenvalue weighted by Crippen LogP contribution is 2.33. The van der Waals surface area contributed by atoms with Crippen molar-refractivity contribution in [3.63, 3.8) is 0 Å². The first-order valence-electron chi connectivity index (χ1n) is 9.35. The first-order valence-corrected chi connectivity index (χ1v) is 9.35. The van der Waals surface area contributed by atoms with Crippen LogP contribution in [-0.2, 0) is 13.1 Å². The Kier molecular flexibility index (Phi) is 4.90. The fraction of sp³-hybridized carbons (Fsp3) is 0.526. The fourth-order valence-electron chi connectivity index (χ4n) is 3.93. The third kappa shape index (κ3) is 4.16. The molecule has 27 heavy (non-hydrogen) atoms. The quantitative estimate of drug-likeness (QED) is 0.806. The van der Waals surface area contributed by atoms with Gasteiger partial charge in [0, 0.05) is 32.1 Å². The van der Waals surface area contributed by atoms with Crippen molar-refractivity contribution in [1.29, 1.82) is 0 Å². The average molecular weight is 375 g/mol. The number of likely N-dealkylation sites (tertiary alicyclic amines) is 2. The van der Waals surface area contributed by atoms with Crippen molar-refractivity contribution in [2.45, 2.75) is 44.3 Å². The van der Waals surface area contributed by atoms with E-state index in [1.807, 2.05) is 30.3 Å². The van der Waals surface area contributed by atoms with Crippen LogP contribution in [0, 0.1) is 0 Å². The molecule has 2 saturated heterocycles. The predicted molar refractivity (Wildman–Crippen MR) is 95.4 cm³/mol. The molecule has 0 saturated carbocycles. The van der Waals surface area contributed by atoms with Gasteiger partial charge in [-0.2, -0.15) is 0 Å². The van der Waals surface area contributed by atoms with E-state index >= 15 is 0 Å². The largest absolute Gasteiger partial charge is 0.337 e. The molecule has 144 valence electrons. The highest BCUT2D eigenvalue weighted by molar-refractivity contribution is 5.92. The van der Waals surface area contributed by atoms with Gasteiger partial charge in [0.15, 0.2) is 5.69 Å². The lowest BCUT2D eigenvalue weighted by Gasteiger charge is -2.23. The summed E-state index contributed by atoms with van der Waals surface area (Å²) in [6.07, 6.45) is 3.38. The van der Waals surface area contributed by atoms with Crippen LogP contribution in [0.1, 0.15) is 35.3 Å². The van der Waals surface area contributed by atoms with Gasteiger partial charge < -0.3 is 4.90 Å². The molecule has 1 aromatic heterocycles. The van der Waals surface area contributed by atoms with Gasteiger partial charge in [-0.1, -0.05) is 35.5 Å². The summed E-state index contributed by atoms with van der Waals surface area (Å²) in [6.45, 7) is 1.98. The summed E-state index contributed by atoms with van der Waals surface area (Å²) in [5.74, 6) is -2.84. The molecule has 0 radical (unpaired) electrons. The Morgan fingerprint density at radius 2 is 1.93 bits per heavy atom. The van der Waals surface area contributed by atoms with Gasteiger partial charge in [-0.15, -0.1) is 5.10 Å². The second kappa shape index (κ2) is 7.34. The second-order valence-corrected chi connectivity index (χ2v) is 7.43. The van der Waals surface area contributed by atoms with E-state index in [-0.39, 0.29) is 30.6 Å². The number of alkyl halides is 2. The number of rotatable bonds is 5. The summed E-state index contributed by atoms with van der Waals surface area (Å²) in [4.78, 5) is 15.9. The molecular formula is C19H23F2N5O. The lowest BCUT2D eigenvalue weighted by molar-refractivity contribution is 0.0113. The third-order valence-electron chi connectivity index (χ3n) is 5.26. The van der Waals surface area contributed by atoms with E-state index in [2.05, 4.69) is 10.3 Å². The fourth-order valence-corrected chi connectivity index (χ4v) is 3.93. The Morgan fingerprint density at radius 1 is 1.19 bits per heavy atom. The second-order valence-electron chi connectivity index (χ2n) is 7.43. The normalized spacial score (nSPS) is 22.4. The molecule has 6 nitrogen and oxygen atoms in total. The zero-order valence-corrected chi connectivity index (χ0v) is 15.1. The molecule has 2 aliphatic rings. The molecule has 1 atom stereocenters. The first kappa shape index (κ1) is 18.0. The van der Waals surface area contributed by atoms with Crippen molar-refractivity contribution < 1.29 is 13.6 Å². The van der Waals surface area contributed by atoms with E-state index in [9.17, 15) is 13.6 Å². The van der Waals surface area contributed by atoms with E-state index in [1.165, 1.54) is 4.68 Å². The third-order valence-corrected chi connectivity index (χ3v) is 5.26. The van der Waals surface area contributed by atoms with Crippen molar-refractivity contribution in [1.82, 2.24) is 24.8 Å². The predicted octanol–water partition coefficient (Wildman–Crippen LogP) is 2.42. The molecule has 0 N–H and O–H groups in total. The number of hydrogen-bond acceptors (Lipinski definition) is 4. The molecule has 0 unspecified atom stereocenters. The van der Waals surface area contributed by atoms with Crippen molar-refractivity contribution >= 4 is 5.91 Å². The Hall–Kier alpha value is -2.35. The average Bonchev–Trinajstić information content (AvgIpc) is 3.37. The van der Waals surface area contributed by atoms with Gasteiger partial charge in [0.25, 0.3) is 11.8 Å². The van der Waals surface area contributed by atoms with Gasteiger partial charge in [0.2, 0.25) is 0 Å². The van der Waals surface area contributed by atoms with Gasteiger partial charge in [-0.05, 0) is 18.4 Å². The van der Waals surface area contributed by atoms with Gasteiger partial charge in [-0.3, -0.25) is 14.4 Å². The molecular weight excluding hydrogens is 352 g/mol. The van der Waals surface area contributed by atoms with Crippen molar-refractivity contribution in [3.05, 3.63) is 47.8 Å². The van der Waals surface area contributed by atoms with Crippen molar-refractivity contribution in [2.24, 2.45) is 0 Å². The number of hydrogen-bond donors (Lipinski definition) is 0. The molecule has 1 amide bonds. The molecule has 2 aromatic rings. The summed E-state index contributed by atoms with van der Waals surface area (Å²) in [7, 11) is 0. The van der Waals surface area contributed by atoms with E-state index in [1.54, 1.807) is 16.0 Å². The van der Waals surface area contributed by atoms with Crippen LogP contribution in [0.2, 0.25) is 0 Å². The smallest absolute Gasteiger partial charge is 0.276 e. The highest BCUT2D eigenvalue weighted by atomic mass is 19.3. The summed E-state index contributed by atoms with van der Waals surface area (Å²) in [6, 6.07) is 9.26. The van der Waals surface area contributed by atoms with Crippen LogP contribution in [0.25, 0.3) is 0 Å². The number of carbonyl (C=O) groups excluding carboxylic acids is 1. The topological polar surface area (TPSA) is 54.3 Å². The van der Waals surface area contributed by atoms with E-state index in [4.69, 9.17) is 0 Å². The first-order chi connectivity index (χ1) is 13.0. The Morgan fingerprint density at radius 3 is 2.67 bits per heavy atom. The monoisotopic (exact) mass is 375 g/mol. The lowest BCUT2D eigenvalue weighted by atomic mass is 10.1. The molecule has 2 fully saturated rings. The van der Waals surface area contributed by atoms with E-state index < -0.39 is 5.92 Å². The maximum atomic E-state index is 14.0. The number of benzene rings is 1. The van der Waals surface area contributed by atoms with Crippen LogP contribution < -0.4 is 0 Å². The summed E-state index contributed by atoms with van der Waals surface area (Å²) < 4.78 is 29.6. The molecule has 2 aliphatic heterocycles. The zero-order chi connectivity index (χ0) is 18.9. The molecule has 0 aliphatic carbocycles. The highest BCUT2D eigenvalue weighted by Gasteiger charge is 2.45. The maximum absolute atomic E-state index is 14.0.